The zero-order valence-electron chi connectivity index (χ0n) is 14.1. The van der Waals surface area contributed by atoms with Gasteiger partial charge in [-0.2, -0.15) is 0 Å². The Kier molecular flexibility index (Phi) is 9.56. The summed E-state index contributed by atoms with van der Waals surface area (Å²) in [5.74, 6) is -0.544. The molecule has 1 aromatic rings. The molecular formula is C19H31NO2. The van der Waals surface area contributed by atoms with Crippen LogP contribution in [0.2, 0.25) is 0 Å². The number of hydrogen-bond acceptors (Lipinski definition) is 2. The summed E-state index contributed by atoms with van der Waals surface area (Å²) in [7, 11) is 0. The fraction of sp³-hybridized carbons (Fsp3) is 0.632. The largest absolute Gasteiger partial charge is 0.289 e. The van der Waals surface area contributed by atoms with Crippen molar-refractivity contribution in [2.75, 3.05) is 0 Å². The van der Waals surface area contributed by atoms with Gasteiger partial charge in [0.1, 0.15) is 0 Å². The molecule has 0 radical (unpaired) electrons. The predicted octanol–water partition coefficient (Wildman–Crippen LogP) is 5.11. The fourth-order valence-electron chi connectivity index (χ4n) is 2.81. The minimum Gasteiger partial charge on any atom is -0.289 e. The first-order chi connectivity index (χ1) is 10.7. The number of aryl methyl sites for hydroxylation is 1. The van der Waals surface area contributed by atoms with Gasteiger partial charge in [0.25, 0.3) is 5.91 Å². The Hall–Kier alpha value is -1.35. The lowest BCUT2D eigenvalue weighted by Crippen LogP contribution is -2.26. The quantitative estimate of drug-likeness (QED) is 0.339. The summed E-state index contributed by atoms with van der Waals surface area (Å²) < 4.78 is 0. The summed E-state index contributed by atoms with van der Waals surface area (Å²) in [6, 6.07) is 8.00. The van der Waals surface area contributed by atoms with Gasteiger partial charge in [0.15, 0.2) is 0 Å². The third kappa shape index (κ3) is 7.08. The molecule has 0 saturated heterocycles. The fourth-order valence-corrected chi connectivity index (χ4v) is 2.81. The molecule has 0 aliphatic rings. The second-order valence-electron chi connectivity index (χ2n) is 6.20. The molecule has 0 aliphatic carbocycles. The molecule has 0 bridgehead atoms. The molecule has 1 aromatic carbocycles. The maximum atomic E-state index is 11.9. The van der Waals surface area contributed by atoms with Gasteiger partial charge in [0.05, 0.1) is 5.92 Å². The number of amides is 1. The number of carbonyl (C=O) groups excluding carboxylic acids is 1. The van der Waals surface area contributed by atoms with Crippen LogP contribution in [0.1, 0.15) is 81.8 Å². The van der Waals surface area contributed by atoms with Crippen LogP contribution in [0.5, 0.6) is 0 Å². The van der Waals surface area contributed by atoms with Crippen LogP contribution in [-0.4, -0.2) is 11.1 Å². The highest BCUT2D eigenvalue weighted by Crippen LogP contribution is 2.23. The average molecular weight is 305 g/mol. The van der Waals surface area contributed by atoms with Crippen LogP contribution >= 0.6 is 0 Å². The van der Waals surface area contributed by atoms with Gasteiger partial charge >= 0.3 is 0 Å². The average Bonchev–Trinajstić information content (AvgIpc) is 2.54. The Bertz CT molecular complexity index is 414. The summed E-state index contributed by atoms with van der Waals surface area (Å²) >= 11 is 0. The van der Waals surface area contributed by atoms with E-state index in [0.29, 0.717) is 0 Å². The Balaban J connectivity index is 2.34. The van der Waals surface area contributed by atoms with E-state index in [1.54, 1.807) is 0 Å². The standard InChI is InChI=1S/C19H31NO2/c1-3-4-5-6-7-8-9-10-11-18(19(21)20-22)17-14-12-16(2)13-15-17/h12-15,18,22H,3-11H2,1-2H3,(H,20,21). The molecule has 22 heavy (non-hydrogen) atoms. The van der Waals surface area contributed by atoms with Crippen molar-refractivity contribution in [2.24, 2.45) is 0 Å². The molecule has 0 spiro atoms. The number of unbranched alkanes of at least 4 members (excludes halogenated alkanes) is 7. The Morgan fingerprint density at radius 2 is 1.55 bits per heavy atom. The zero-order valence-corrected chi connectivity index (χ0v) is 14.1. The third-order valence-corrected chi connectivity index (χ3v) is 4.25. The van der Waals surface area contributed by atoms with Gasteiger partial charge in [-0.1, -0.05) is 88.1 Å². The second-order valence-corrected chi connectivity index (χ2v) is 6.20. The van der Waals surface area contributed by atoms with Crippen LogP contribution < -0.4 is 5.48 Å². The van der Waals surface area contributed by atoms with E-state index in [9.17, 15) is 4.79 Å². The molecule has 0 aliphatic heterocycles. The molecule has 1 rings (SSSR count). The molecule has 2 N–H and O–H groups in total. The first-order valence-electron chi connectivity index (χ1n) is 8.69. The molecule has 1 atom stereocenters. The van der Waals surface area contributed by atoms with Crippen molar-refractivity contribution in [3.63, 3.8) is 0 Å². The van der Waals surface area contributed by atoms with E-state index >= 15 is 0 Å². The van der Waals surface area contributed by atoms with E-state index in [1.165, 1.54) is 44.1 Å². The summed E-state index contributed by atoms with van der Waals surface area (Å²) in [5, 5.41) is 8.94. The van der Waals surface area contributed by atoms with Crippen LogP contribution in [0.4, 0.5) is 0 Å². The SMILES string of the molecule is CCCCCCCCCCC(C(=O)NO)c1ccc(C)cc1. The predicted molar refractivity (Wildman–Crippen MR) is 91.1 cm³/mol. The van der Waals surface area contributed by atoms with Gasteiger partial charge in [-0.3, -0.25) is 10.0 Å². The van der Waals surface area contributed by atoms with Crippen molar-refractivity contribution in [1.29, 1.82) is 0 Å². The Morgan fingerprint density at radius 3 is 2.09 bits per heavy atom. The second kappa shape index (κ2) is 11.2. The van der Waals surface area contributed by atoms with E-state index in [4.69, 9.17) is 5.21 Å². The lowest BCUT2D eigenvalue weighted by atomic mass is 9.91. The first-order valence-corrected chi connectivity index (χ1v) is 8.69. The molecular weight excluding hydrogens is 274 g/mol. The van der Waals surface area contributed by atoms with Crippen LogP contribution in [0.25, 0.3) is 0 Å². The Morgan fingerprint density at radius 1 is 1.00 bits per heavy atom. The van der Waals surface area contributed by atoms with E-state index in [1.807, 2.05) is 36.7 Å². The van der Waals surface area contributed by atoms with Crippen molar-refractivity contribution in [3.05, 3.63) is 35.4 Å². The van der Waals surface area contributed by atoms with E-state index in [-0.39, 0.29) is 11.8 Å². The topological polar surface area (TPSA) is 49.3 Å². The monoisotopic (exact) mass is 305 g/mol. The molecule has 0 fully saturated rings. The highest BCUT2D eigenvalue weighted by Gasteiger charge is 2.19. The van der Waals surface area contributed by atoms with E-state index < -0.39 is 0 Å². The highest BCUT2D eigenvalue weighted by molar-refractivity contribution is 5.82. The minimum absolute atomic E-state index is 0.245. The normalized spacial score (nSPS) is 12.1. The number of hydroxylamine groups is 1. The number of benzene rings is 1. The maximum absolute atomic E-state index is 11.9. The number of carbonyl (C=O) groups is 1. The van der Waals surface area contributed by atoms with Crippen molar-refractivity contribution >= 4 is 5.91 Å². The maximum Gasteiger partial charge on any atom is 0.250 e. The van der Waals surface area contributed by atoms with Gasteiger partial charge < -0.3 is 0 Å². The summed E-state index contributed by atoms with van der Waals surface area (Å²) in [4.78, 5) is 11.9. The summed E-state index contributed by atoms with van der Waals surface area (Å²) in [6.07, 6.45) is 10.8. The number of nitrogens with one attached hydrogen (secondary N) is 1. The third-order valence-electron chi connectivity index (χ3n) is 4.25. The highest BCUT2D eigenvalue weighted by atomic mass is 16.5. The summed E-state index contributed by atoms with van der Waals surface area (Å²) in [5.41, 5.74) is 3.98. The zero-order chi connectivity index (χ0) is 16.2. The van der Waals surface area contributed by atoms with Gasteiger partial charge in [-0.25, -0.2) is 5.48 Å². The molecule has 0 saturated carbocycles. The first kappa shape index (κ1) is 18.7. The van der Waals surface area contributed by atoms with Gasteiger partial charge in [-0.05, 0) is 18.9 Å². The minimum atomic E-state index is -0.299. The smallest absolute Gasteiger partial charge is 0.250 e. The molecule has 1 amide bonds. The lowest BCUT2D eigenvalue weighted by Gasteiger charge is -2.15. The van der Waals surface area contributed by atoms with Gasteiger partial charge in [0, 0.05) is 0 Å². The lowest BCUT2D eigenvalue weighted by molar-refractivity contribution is -0.131. The van der Waals surface area contributed by atoms with Crippen LogP contribution in [0.3, 0.4) is 0 Å². The van der Waals surface area contributed by atoms with Crippen LogP contribution in [0.15, 0.2) is 24.3 Å². The Labute approximate surface area is 135 Å². The number of hydrogen-bond donors (Lipinski definition) is 2. The molecule has 3 nitrogen and oxygen atoms in total. The molecule has 0 heterocycles. The number of rotatable bonds is 11. The van der Waals surface area contributed by atoms with E-state index in [0.717, 1.165) is 24.8 Å². The summed E-state index contributed by atoms with van der Waals surface area (Å²) in [6.45, 7) is 4.26. The van der Waals surface area contributed by atoms with Gasteiger partial charge in [0.2, 0.25) is 0 Å². The van der Waals surface area contributed by atoms with Crippen molar-refractivity contribution in [1.82, 2.24) is 5.48 Å². The molecule has 124 valence electrons. The molecule has 1 unspecified atom stereocenters. The van der Waals surface area contributed by atoms with Gasteiger partial charge in [-0.15, -0.1) is 0 Å². The van der Waals surface area contributed by atoms with Crippen LogP contribution in [-0.2, 0) is 4.79 Å². The van der Waals surface area contributed by atoms with E-state index in [2.05, 4.69) is 6.92 Å². The van der Waals surface area contributed by atoms with Crippen molar-refractivity contribution < 1.29 is 10.0 Å². The molecule has 0 aromatic heterocycles. The van der Waals surface area contributed by atoms with Crippen LogP contribution in [0, 0.1) is 6.92 Å². The molecule has 3 heteroatoms. The van der Waals surface area contributed by atoms with Crippen molar-refractivity contribution in [2.45, 2.75) is 77.6 Å². The van der Waals surface area contributed by atoms with Crippen molar-refractivity contribution in [3.8, 4) is 0 Å².